The molecule has 2 aromatic rings. The lowest BCUT2D eigenvalue weighted by Crippen LogP contribution is -2.29. The van der Waals surface area contributed by atoms with E-state index in [4.69, 9.17) is 29.0 Å². The lowest BCUT2D eigenvalue weighted by atomic mass is 10.1. The Balaban J connectivity index is 2.38. The SMILES string of the molecule is CCn1cc(C(NN)c2ncc(Cl)cc2Cl)cn1. The molecule has 2 rings (SSSR count). The molecule has 3 N–H and O–H groups in total. The summed E-state index contributed by atoms with van der Waals surface area (Å²) in [6.45, 7) is 2.80. The van der Waals surface area contributed by atoms with Crippen molar-refractivity contribution in [2.24, 2.45) is 5.84 Å². The van der Waals surface area contributed by atoms with Crippen molar-refractivity contribution in [1.82, 2.24) is 20.2 Å². The molecule has 0 aliphatic heterocycles. The number of hydrogen-bond acceptors (Lipinski definition) is 4. The van der Waals surface area contributed by atoms with Gasteiger partial charge in [0.1, 0.15) is 0 Å². The van der Waals surface area contributed by atoms with E-state index >= 15 is 0 Å². The first-order chi connectivity index (χ1) is 8.65. The third-order valence-corrected chi connectivity index (χ3v) is 3.10. The predicted octanol–water partition coefficient (Wildman–Crippen LogP) is 2.16. The minimum absolute atomic E-state index is 0.310. The number of aromatic nitrogens is 3. The smallest absolute Gasteiger partial charge is 0.0926 e. The van der Waals surface area contributed by atoms with Gasteiger partial charge in [0.25, 0.3) is 0 Å². The number of aryl methyl sites for hydroxylation is 1. The molecule has 0 amide bonds. The van der Waals surface area contributed by atoms with Gasteiger partial charge in [-0.15, -0.1) is 0 Å². The van der Waals surface area contributed by atoms with Crippen LogP contribution in [0.2, 0.25) is 10.0 Å². The lowest BCUT2D eigenvalue weighted by molar-refractivity contribution is 0.616. The summed E-state index contributed by atoms with van der Waals surface area (Å²) in [5.41, 5.74) is 4.21. The number of rotatable bonds is 4. The summed E-state index contributed by atoms with van der Waals surface area (Å²) in [6.07, 6.45) is 5.18. The van der Waals surface area contributed by atoms with Crippen molar-refractivity contribution in [2.45, 2.75) is 19.5 Å². The quantitative estimate of drug-likeness (QED) is 0.667. The minimum Gasteiger partial charge on any atom is -0.273 e. The molecule has 0 aliphatic rings. The number of nitrogens with one attached hydrogen (secondary N) is 1. The number of hydrazine groups is 1. The topological polar surface area (TPSA) is 68.8 Å². The molecule has 0 radical (unpaired) electrons. The third-order valence-electron chi connectivity index (χ3n) is 2.59. The summed E-state index contributed by atoms with van der Waals surface area (Å²) < 4.78 is 1.81. The Labute approximate surface area is 115 Å². The summed E-state index contributed by atoms with van der Waals surface area (Å²) in [4.78, 5) is 4.22. The van der Waals surface area contributed by atoms with Crippen molar-refractivity contribution in [3.05, 3.63) is 46.0 Å². The summed E-state index contributed by atoms with van der Waals surface area (Å²) in [6, 6.07) is 1.33. The molecule has 0 aromatic carbocycles. The molecule has 7 heteroatoms. The highest BCUT2D eigenvalue weighted by Gasteiger charge is 2.19. The van der Waals surface area contributed by atoms with Gasteiger partial charge in [0.2, 0.25) is 0 Å². The first kappa shape index (κ1) is 13.3. The van der Waals surface area contributed by atoms with E-state index in [1.807, 2.05) is 17.8 Å². The minimum atomic E-state index is -0.310. The van der Waals surface area contributed by atoms with Crippen LogP contribution in [0.4, 0.5) is 0 Å². The maximum Gasteiger partial charge on any atom is 0.0926 e. The molecule has 0 bridgehead atoms. The van der Waals surface area contributed by atoms with Crippen molar-refractivity contribution < 1.29 is 0 Å². The Morgan fingerprint density at radius 3 is 2.78 bits per heavy atom. The number of hydrogen-bond donors (Lipinski definition) is 2. The lowest BCUT2D eigenvalue weighted by Gasteiger charge is -2.15. The first-order valence-corrected chi connectivity index (χ1v) is 6.20. The van der Waals surface area contributed by atoms with Gasteiger partial charge in [0, 0.05) is 24.5 Å². The molecule has 2 heterocycles. The van der Waals surface area contributed by atoms with E-state index in [-0.39, 0.29) is 6.04 Å². The molecule has 5 nitrogen and oxygen atoms in total. The van der Waals surface area contributed by atoms with Crippen LogP contribution in [-0.2, 0) is 6.54 Å². The number of pyridine rings is 1. The maximum absolute atomic E-state index is 6.12. The van der Waals surface area contributed by atoms with Crippen LogP contribution in [0.5, 0.6) is 0 Å². The molecule has 96 valence electrons. The van der Waals surface area contributed by atoms with Crippen LogP contribution in [0.25, 0.3) is 0 Å². The van der Waals surface area contributed by atoms with E-state index in [2.05, 4.69) is 15.5 Å². The Morgan fingerprint density at radius 2 is 2.22 bits per heavy atom. The summed E-state index contributed by atoms with van der Waals surface area (Å²) in [7, 11) is 0. The summed E-state index contributed by atoms with van der Waals surface area (Å²) in [5, 5.41) is 5.16. The van der Waals surface area contributed by atoms with Gasteiger partial charge in [-0.3, -0.25) is 15.5 Å². The van der Waals surface area contributed by atoms with E-state index in [1.165, 1.54) is 6.20 Å². The fourth-order valence-corrected chi connectivity index (χ4v) is 2.16. The summed E-state index contributed by atoms with van der Waals surface area (Å²) >= 11 is 11.9. The Hall–Kier alpha value is -1.14. The molecule has 0 spiro atoms. The van der Waals surface area contributed by atoms with Crippen LogP contribution < -0.4 is 11.3 Å². The van der Waals surface area contributed by atoms with Gasteiger partial charge in [0.15, 0.2) is 0 Å². The fraction of sp³-hybridized carbons (Fsp3) is 0.273. The number of nitrogens with zero attached hydrogens (tertiary/aromatic N) is 3. The Morgan fingerprint density at radius 1 is 1.44 bits per heavy atom. The van der Waals surface area contributed by atoms with Gasteiger partial charge in [-0.2, -0.15) is 5.10 Å². The van der Waals surface area contributed by atoms with Gasteiger partial charge < -0.3 is 0 Å². The highest BCUT2D eigenvalue weighted by Crippen LogP contribution is 2.27. The van der Waals surface area contributed by atoms with E-state index in [9.17, 15) is 0 Å². The molecular formula is C11H13Cl2N5. The second-order valence-electron chi connectivity index (χ2n) is 3.75. The van der Waals surface area contributed by atoms with Crippen LogP contribution in [0.3, 0.4) is 0 Å². The molecular weight excluding hydrogens is 273 g/mol. The zero-order valence-electron chi connectivity index (χ0n) is 9.77. The van der Waals surface area contributed by atoms with E-state index < -0.39 is 0 Å². The monoisotopic (exact) mass is 285 g/mol. The fourth-order valence-electron chi connectivity index (χ4n) is 1.67. The molecule has 0 fully saturated rings. The molecule has 2 aromatic heterocycles. The van der Waals surface area contributed by atoms with Gasteiger partial charge in [-0.05, 0) is 13.0 Å². The van der Waals surface area contributed by atoms with E-state index in [1.54, 1.807) is 12.3 Å². The van der Waals surface area contributed by atoms with Crippen LogP contribution >= 0.6 is 23.2 Å². The third kappa shape index (κ3) is 2.64. The largest absolute Gasteiger partial charge is 0.273 e. The second kappa shape index (κ2) is 5.67. The van der Waals surface area contributed by atoms with Crippen molar-refractivity contribution in [1.29, 1.82) is 0 Å². The first-order valence-electron chi connectivity index (χ1n) is 5.45. The highest BCUT2D eigenvalue weighted by atomic mass is 35.5. The van der Waals surface area contributed by atoms with Crippen LogP contribution in [0.1, 0.15) is 24.2 Å². The zero-order valence-corrected chi connectivity index (χ0v) is 11.3. The molecule has 18 heavy (non-hydrogen) atoms. The van der Waals surface area contributed by atoms with Gasteiger partial charge >= 0.3 is 0 Å². The average Bonchev–Trinajstić information content (AvgIpc) is 2.81. The van der Waals surface area contributed by atoms with Crippen molar-refractivity contribution in [3.63, 3.8) is 0 Å². The van der Waals surface area contributed by atoms with Crippen LogP contribution in [-0.4, -0.2) is 14.8 Å². The van der Waals surface area contributed by atoms with Crippen molar-refractivity contribution >= 4 is 23.2 Å². The molecule has 0 saturated heterocycles. The predicted molar refractivity (Wildman–Crippen MR) is 71.3 cm³/mol. The van der Waals surface area contributed by atoms with E-state index in [0.29, 0.717) is 15.7 Å². The molecule has 1 atom stereocenters. The number of halogens is 2. The Bertz CT molecular complexity index is 540. The Kier molecular flexibility index (Phi) is 4.19. The standard InChI is InChI=1S/C11H13Cl2N5/c1-2-18-6-7(4-16-18)10(17-14)11-9(13)3-8(12)5-15-11/h3-6,10,17H,2,14H2,1H3. The normalized spacial score (nSPS) is 12.7. The average molecular weight is 286 g/mol. The highest BCUT2D eigenvalue weighted by molar-refractivity contribution is 6.34. The summed E-state index contributed by atoms with van der Waals surface area (Å²) in [5.74, 6) is 5.58. The van der Waals surface area contributed by atoms with E-state index in [0.717, 1.165) is 12.1 Å². The zero-order chi connectivity index (χ0) is 13.1. The molecule has 1 unspecified atom stereocenters. The van der Waals surface area contributed by atoms with Crippen molar-refractivity contribution in [3.8, 4) is 0 Å². The molecule has 0 aliphatic carbocycles. The number of nitrogens with two attached hydrogens (primary N) is 1. The maximum atomic E-state index is 6.12. The van der Waals surface area contributed by atoms with Crippen LogP contribution in [0, 0.1) is 0 Å². The van der Waals surface area contributed by atoms with Gasteiger partial charge in [-0.1, -0.05) is 23.2 Å². The second-order valence-corrected chi connectivity index (χ2v) is 4.59. The van der Waals surface area contributed by atoms with Crippen molar-refractivity contribution in [2.75, 3.05) is 0 Å². The van der Waals surface area contributed by atoms with Gasteiger partial charge in [0.05, 0.1) is 28.0 Å². The van der Waals surface area contributed by atoms with Gasteiger partial charge in [-0.25, -0.2) is 5.43 Å². The molecule has 0 saturated carbocycles. The van der Waals surface area contributed by atoms with Crippen LogP contribution in [0.15, 0.2) is 24.7 Å².